The van der Waals surface area contributed by atoms with Crippen molar-refractivity contribution in [2.75, 3.05) is 38.3 Å². The third kappa shape index (κ3) is 10.1. The Bertz CT molecular complexity index is 3560. The van der Waals surface area contributed by atoms with Gasteiger partial charge in [-0.3, -0.25) is 19.4 Å². The number of aryl methyl sites for hydroxylation is 1. The number of benzene rings is 4. The van der Waals surface area contributed by atoms with Gasteiger partial charge in [0.05, 0.1) is 35.8 Å². The lowest BCUT2D eigenvalue weighted by atomic mass is 9.88. The van der Waals surface area contributed by atoms with Crippen LogP contribution in [0.2, 0.25) is 0 Å². The van der Waals surface area contributed by atoms with Crippen LogP contribution in [0.3, 0.4) is 0 Å². The van der Waals surface area contributed by atoms with Crippen molar-refractivity contribution in [2.24, 2.45) is 5.92 Å². The number of β-amino-alcohol motifs (C(OH)–C–C–N with tert-alkyl or cyclic N) is 1. The zero-order valence-corrected chi connectivity index (χ0v) is 45.3. The Morgan fingerprint density at radius 1 is 0.937 bits per heavy atom. The van der Waals surface area contributed by atoms with Crippen LogP contribution >= 0.6 is 0 Å². The highest BCUT2D eigenvalue weighted by Crippen LogP contribution is 2.53. The summed E-state index contributed by atoms with van der Waals surface area (Å²) in [7, 11) is 1.64. The van der Waals surface area contributed by atoms with E-state index in [4.69, 9.17) is 24.2 Å². The molecule has 1 aliphatic carbocycles. The van der Waals surface area contributed by atoms with Gasteiger partial charge in [0.2, 0.25) is 11.8 Å². The predicted molar refractivity (Wildman–Crippen MR) is 296 cm³/mol. The highest BCUT2D eigenvalue weighted by molar-refractivity contribution is 6.06. The number of aromatic nitrogens is 9. The van der Waals surface area contributed by atoms with Crippen LogP contribution in [0.15, 0.2) is 85.3 Å². The number of aromatic amines is 1. The summed E-state index contributed by atoms with van der Waals surface area (Å²) in [6.45, 7) is 12.7. The first-order chi connectivity index (χ1) is 38.3. The Balaban J connectivity index is 0.815. The van der Waals surface area contributed by atoms with Gasteiger partial charge in [-0.25, -0.2) is 9.07 Å². The van der Waals surface area contributed by atoms with E-state index < -0.39 is 18.2 Å². The number of anilines is 1. The normalized spacial score (nSPS) is 19.8. The summed E-state index contributed by atoms with van der Waals surface area (Å²) in [5, 5.41) is 39.8. The molecule has 2 bridgehead atoms. The zero-order chi connectivity index (χ0) is 54.6. The number of aliphatic hydroxyl groups is 1. The van der Waals surface area contributed by atoms with Crippen molar-refractivity contribution >= 4 is 39.4 Å². The number of H-pyrrole nitrogens is 1. The number of nitrogens with zero attached hydrogens (tertiary/aromatic N) is 10. The molecule has 1 saturated carbocycles. The standard InChI is InChI=1S/C59H66FN13O6/c1-7-72-49(18-19-64-72)39-14-8-35(9-15-39)24-62-57(75)50-21-42(74)28-71(50)58(76)54(32(2)3)73-29-48(68-69-73)38-12-10-36(11-13-38)31-78-55-52(51-34(5)46(60)23-47-45(51)26-63-67-47)43(37-16-17-37)22-44-53(55)65-59(79-30-33(4)77-6)66-56(44)70-27-40-20-41(70)25-61-40/h8-15,18-19,22-23,26,29,32-33,37,40-42,50,54,61,74H,7,16-17,20-21,24-25,27-28,30-31H2,1-6H3,(H,62,75)(H,63,67)/t33-,40+,41+,42+,50-,54-/m0/s1. The number of rotatable bonds is 19. The SMILES string of the molecule is CCn1nccc1-c1ccc(CNC(=O)[C@@H]2C[C@@H](O)CN2C(=O)[C@H](C(C)C)n2cc(-c3ccc(COc4c(-c5c(C)c(F)cc6[nH]ncc56)c(C5CC5)cc5c(N6C[C@H]7C[C@@H]6CN7)nc(OC[C@H](C)OC)nc45)cc3)nn2)cc1. The van der Waals surface area contributed by atoms with E-state index in [0.29, 0.717) is 39.6 Å². The van der Waals surface area contributed by atoms with Crippen LogP contribution in [-0.4, -0.2) is 130 Å². The summed E-state index contributed by atoms with van der Waals surface area (Å²) in [6, 6.07) is 20.6. The molecule has 0 unspecified atom stereocenters. The number of halogens is 1. The molecule has 4 aliphatic rings. The number of carbonyl (C=O) groups excluding carboxylic acids is 2. The molecule has 3 aliphatic heterocycles. The summed E-state index contributed by atoms with van der Waals surface area (Å²) < 4.78 is 38.5. The summed E-state index contributed by atoms with van der Waals surface area (Å²) in [4.78, 5) is 42.4. The number of methoxy groups -OCH3 is 1. The molecular weight excluding hydrogens is 1010 g/mol. The van der Waals surface area contributed by atoms with Gasteiger partial charge in [-0.1, -0.05) is 67.6 Å². The minimum atomic E-state index is -0.859. The molecule has 3 saturated heterocycles. The molecule has 6 atom stereocenters. The molecule has 79 heavy (non-hydrogen) atoms. The van der Waals surface area contributed by atoms with E-state index in [1.165, 1.54) is 11.0 Å². The fraction of sp³-hybridized carbons (Fsp3) is 0.424. The molecule has 20 heteroatoms. The largest absolute Gasteiger partial charge is 0.486 e. The molecule has 4 aromatic heterocycles. The Labute approximate surface area is 456 Å². The summed E-state index contributed by atoms with van der Waals surface area (Å²) >= 11 is 0. The quantitative estimate of drug-likeness (QED) is 0.0612. The van der Waals surface area contributed by atoms with Crippen molar-refractivity contribution in [1.29, 1.82) is 0 Å². The van der Waals surface area contributed by atoms with Crippen molar-refractivity contribution in [2.45, 2.75) is 122 Å². The summed E-state index contributed by atoms with van der Waals surface area (Å²) in [5.74, 6) is 0.275. The number of carbonyl (C=O) groups is 2. The van der Waals surface area contributed by atoms with Crippen LogP contribution in [0.5, 0.6) is 11.8 Å². The molecule has 19 nitrogen and oxygen atoms in total. The molecule has 7 heterocycles. The fourth-order valence-electron chi connectivity index (χ4n) is 11.8. The molecule has 410 valence electrons. The summed E-state index contributed by atoms with van der Waals surface area (Å²) in [6.07, 6.45) is 7.30. The Hall–Kier alpha value is -7.81. The molecule has 0 radical (unpaired) electrons. The van der Waals surface area contributed by atoms with E-state index in [1.54, 1.807) is 37.3 Å². The topological polar surface area (TPSA) is 216 Å². The number of nitrogens with one attached hydrogen (secondary N) is 3. The Morgan fingerprint density at radius 2 is 1.72 bits per heavy atom. The van der Waals surface area contributed by atoms with E-state index in [-0.39, 0.29) is 80.3 Å². The van der Waals surface area contributed by atoms with Crippen molar-refractivity contribution in [3.05, 3.63) is 113 Å². The number of ether oxygens (including phenoxy) is 3. The van der Waals surface area contributed by atoms with E-state index in [1.807, 2.05) is 87.0 Å². The first kappa shape index (κ1) is 51.9. The smallest absolute Gasteiger partial charge is 0.319 e. The van der Waals surface area contributed by atoms with Gasteiger partial charge in [-0.2, -0.15) is 20.2 Å². The number of hydrogen-bond acceptors (Lipinski definition) is 14. The average molecular weight is 1070 g/mol. The molecule has 0 spiro atoms. The fourth-order valence-corrected chi connectivity index (χ4v) is 11.8. The molecule has 8 aromatic rings. The number of likely N-dealkylation sites (tertiary alicyclic amines) is 1. The Kier molecular flexibility index (Phi) is 14.1. The Morgan fingerprint density at radius 3 is 2.44 bits per heavy atom. The van der Waals surface area contributed by atoms with Crippen LogP contribution in [0, 0.1) is 18.7 Å². The van der Waals surface area contributed by atoms with Crippen LogP contribution < -0.4 is 25.0 Å². The van der Waals surface area contributed by atoms with Crippen molar-refractivity contribution in [3.8, 4) is 45.4 Å². The number of aliphatic hydroxyl groups excluding tert-OH is 1. The van der Waals surface area contributed by atoms with Gasteiger partial charge in [-0.05, 0) is 97.9 Å². The van der Waals surface area contributed by atoms with Crippen molar-refractivity contribution in [3.63, 3.8) is 0 Å². The number of hydrogen-bond donors (Lipinski definition) is 4. The lowest BCUT2D eigenvalue weighted by Gasteiger charge is -2.30. The third-order valence-electron chi connectivity index (χ3n) is 16.2. The van der Waals surface area contributed by atoms with Gasteiger partial charge in [0.15, 0.2) is 5.75 Å². The van der Waals surface area contributed by atoms with Crippen molar-refractivity contribution in [1.82, 2.24) is 60.5 Å². The van der Waals surface area contributed by atoms with E-state index in [9.17, 15) is 14.7 Å². The van der Waals surface area contributed by atoms with E-state index in [0.717, 1.165) is 94.6 Å². The van der Waals surface area contributed by atoms with Gasteiger partial charge >= 0.3 is 6.01 Å². The van der Waals surface area contributed by atoms with Gasteiger partial charge in [-0.15, -0.1) is 5.10 Å². The maximum absolute atomic E-state index is 16.1. The van der Waals surface area contributed by atoms with E-state index >= 15 is 4.39 Å². The summed E-state index contributed by atoms with van der Waals surface area (Å²) in [5.41, 5.74) is 9.27. The first-order valence-electron chi connectivity index (χ1n) is 27.5. The molecule has 12 rings (SSSR count). The van der Waals surface area contributed by atoms with Crippen LogP contribution in [0.25, 0.3) is 55.4 Å². The van der Waals surface area contributed by atoms with E-state index in [2.05, 4.69) is 47.2 Å². The highest BCUT2D eigenvalue weighted by Gasteiger charge is 2.44. The molecule has 4 N–H and O–H groups in total. The molecule has 4 aromatic carbocycles. The minimum Gasteiger partial charge on any atom is -0.486 e. The second-order valence-corrected chi connectivity index (χ2v) is 22.0. The van der Waals surface area contributed by atoms with Crippen LogP contribution in [0.1, 0.15) is 87.6 Å². The third-order valence-corrected chi connectivity index (χ3v) is 16.2. The second-order valence-electron chi connectivity index (χ2n) is 22.0. The van der Waals surface area contributed by atoms with Gasteiger partial charge in [0, 0.05) is 92.0 Å². The number of piperazine rings is 1. The van der Waals surface area contributed by atoms with Crippen LogP contribution in [0.4, 0.5) is 10.2 Å². The molecule has 4 fully saturated rings. The maximum atomic E-state index is 16.1. The highest BCUT2D eigenvalue weighted by atomic mass is 19.1. The number of amides is 2. The van der Waals surface area contributed by atoms with Crippen LogP contribution in [-0.2, 0) is 34.0 Å². The zero-order valence-electron chi connectivity index (χ0n) is 45.3. The van der Waals surface area contributed by atoms with Crippen molar-refractivity contribution < 1.29 is 33.3 Å². The first-order valence-corrected chi connectivity index (χ1v) is 27.5. The maximum Gasteiger partial charge on any atom is 0.319 e. The lowest BCUT2D eigenvalue weighted by molar-refractivity contribution is -0.142. The predicted octanol–water partition coefficient (Wildman–Crippen LogP) is 7.66. The van der Waals surface area contributed by atoms with Gasteiger partial charge < -0.3 is 39.8 Å². The minimum absolute atomic E-state index is 0.0243. The molecular formula is C59H66FN13O6. The average Bonchev–Trinajstić information content (AvgIpc) is 4.22. The van der Waals surface area contributed by atoms with Gasteiger partial charge in [0.25, 0.3) is 0 Å². The monoisotopic (exact) mass is 1070 g/mol. The lowest BCUT2D eigenvalue weighted by Crippen LogP contribution is -2.49. The van der Waals surface area contributed by atoms with Gasteiger partial charge in [0.1, 0.15) is 48.1 Å². The second kappa shape index (κ2) is 21.4. The number of fused-ring (bicyclic) bond motifs is 4. The molecule has 2 amide bonds.